The third-order valence-electron chi connectivity index (χ3n) is 7.64. The Morgan fingerprint density at radius 1 is 0.463 bits per heavy atom. The van der Waals surface area contributed by atoms with Gasteiger partial charge >= 0.3 is 0 Å². The average Bonchev–Trinajstić information content (AvgIpc) is 3.35. The van der Waals surface area contributed by atoms with Gasteiger partial charge in [-0.25, -0.2) is 4.98 Å². The summed E-state index contributed by atoms with van der Waals surface area (Å²) in [7, 11) is 0. The van der Waals surface area contributed by atoms with E-state index in [1.807, 2.05) is 30.3 Å². The lowest BCUT2D eigenvalue weighted by Gasteiger charge is -2.19. The number of rotatable bonds is 4. The van der Waals surface area contributed by atoms with Crippen LogP contribution in [-0.4, -0.2) is 19.5 Å². The van der Waals surface area contributed by atoms with Crippen molar-refractivity contribution in [2.45, 2.75) is 26.2 Å². The van der Waals surface area contributed by atoms with Crippen molar-refractivity contribution >= 4 is 21.8 Å². The quantitative estimate of drug-likeness (QED) is 0.228. The Bertz CT molecular complexity index is 1960. The minimum absolute atomic E-state index is 0.113. The van der Waals surface area contributed by atoms with E-state index in [2.05, 4.69) is 122 Å². The summed E-state index contributed by atoms with van der Waals surface area (Å²) in [6.45, 7) is 6.72. The van der Waals surface area contributed by atoms with Crippen LogP contribution in [0.5, 0.6) is 0 Å². The highest BCUT2D eigenvalue weighted by Crippen LogP contribution is 2.33. The Morgan fingerprint density at radius 2 is 1.00 bits per heavy atom. The van der Waals surface area contributed by atoms with Gasteiger partial charge in [0.05, 0.1) is 11.0 Å². The summed E-state index contributed by atoms with van der Waals surface area (Å²) < 4.78 is 2.15. The predicted octanol–water partition coefficient (Wildman–Crippen LogP) is 9.27. The maximum atomic E-state index is 5.09. The molecule has 0 aliphatic heterocycles. The van der Waals surface area contributed by atoms with Crippen LogP contribution in [0.2, 0.25) is 0 Å². The minimum atomic E-state index is 0.113. The van der Waals surface area contributed by atoms with Crippen molar-refractivity contribution in [3.8, 4) is 39.9 Å². The molecule has 0 radical (unpaired) electrons. The van der Waals surface area contributed by atoms with E-state index in [1.165, 1.54) is 21.9 Å². The highest BCUT2D eigenvalue weighted by atomic mass is 15.2. The van der Waals surface area contributed by atoms with Crippen LogP contribution in [0.25, 0.3) is 61.7 Å². The molecule has 0 aliphatic carbocycles. The molecule has 0 bridgehead atoms. The van der Waals surface area contributed by atoms with E-state index < -0.39 is 0 Å². The van der Waals surface area contributed by atoms with E-state index in [0.29, 0.717) is 17.6 Å². The maximum Gasteiger partial charge on any atom is 0.238 e. The van der Waals surface area contributed by atoms with Crippen LogP contribution >= 0.6 is 0 Å². The van der Waals surface area contributed by atoms with Gasteiger partial charge in [0, 0.05) is 21.9 Å². The van der Waals surface area contributed by atoms with Crippen LogP contribution in [0.1, 0.15) is 26.3 Å². The molecule has 41 heavy (non-hydrogen) atoms. The number of hydrogen-bond donors (Lipinski definition) is 0. The molecule has 0 amide bonds. The number of benzene rings is 5. The molecule has 4 nitrogen and oxygen atoms in total. The summed E-state index contributed by atoms with van der Waals surface area (Å²) in [4.78, 5) is 15.1. The largest absolute Gasteiger partial charge is 0.278 e. The van der Waals surface area contributed by atoms with Crippen LogP contribution in [0.15, 0.2) is 127 Å². The van der Waals surface area contributed by atoms with Gasteiger partial charge < -0.3 is 0 Å². The summed E-state index contributed by atoms with van der Waals surface area (Å²) in [5, 5.41) is 2.35. The van der Waals surface area contributed by atoms with Crippen molar-refractivity contribution in [1.29, 1.82) is 0 Å². The first kappa shape index (κ1) is 24.9. The third-order valence-corrected chi connectivity index (χ3v) is 7.64. The van der Waals surface area contributed by atoms with Crippen LogP contribution in [0, 0.1) is 0 Å². The van der Waals surface area contributed by atoms with Crippen LogP contribution < -0.4 is 0 Å². The van der Waals surface area contributed by atoms with E-state index in [0.717, 1.165) is 27.7 Å². The predicted molar refractivity (Wildman–Crippen MR) is 169 cm³/mol. The number of aromatic nitrogens is 4. The van der Waals surface area contributed by atoms with Crippen LogP contribution in [0.4, 0.5) is 0 Å². The van der Waals surface area contributed by atoms with Gasteiger partial charge in [-0.05, 0) is 40.3 Å². The summed E-state index contributed by atoms with van der Waals surface area (Å²) in [6.07, 6.45) is 0. The highest BCUT2D eigenvalue weighted by molar-refractivity contribution is 6.08. The Morgan fingerprint density at radius 3 is 1.63 bits per heavy atom. The first-order valence-electron chi connectivity index (χ1n) is 14.0. The zero-order valence-corrected chi connectivity index (χ0v) is 23.4. The summed E-state index contributed by atoms with van der Waals surface area (Å²) in [5.41, 5.74) is 7.76. The van der Waals surface area contributed by atoms with Crippen molar-refractivity contribution in [2.75, 3.05) is 0 Å². The molecule has 0 unspecified atom stereocenters. The number of hydrogen-bond acceptors (Lipinski definition) is 3. The molecule has 0 saturated carbocycles. The second-order valence-corrected chi connectivity index (χ2v) is 11.4. The average molecular weight is 531 g/mol. The van der Waals surface area contributed by atoms with Crippen LogP contribution in [-0.2, 0) is 5.41 Å². The number of nitrogens with zero attached hydrogens (tertiary/aromatic N) is 4. The van der Waals surface area contributed by atoms with E-state index in [1.54, 1.807) is 0 Å². The number of para-hydroxylation sites is 2. The number of fused-ring (bicyclic) bond motifs is 3. The van der Waals surface area contributed by atoms with Gasteiger partial charge in [-0.15, -0.1) is 0 Å². The molecule has 198 valence electrons. The van der Waals surface area contributed by atoms with Gasteiger partial charge in [0.2, 0.25) is 5.95 Å². The zero-order valence-electron chi connectivity index (χ0n) is 23.4. The van der Waals surface area contributed by atoms with E-state index in [4.69, 9.17) is 15.0 Å². The van der Waals surface area contributed by atoms with Crippen molar-refractivity contribution in [2.24, 2.45) is 0 Å². The molecular weight excluding hydrogens is 500 g/mol. The van der Waals surface area contributed by atoms with Gasteiger partial charge in [0.1, 0.15) is 0 Å². The summed E-state index contributed by atoms with van der Waals surface area (Å²) >= 11 is 0. The molecule has 7 rings (SSSR count). The minimum Gasteiger partial charge on any atom is -0.278 e. The lowest BCUT2D eigenvalue weighted by molar-refractivity contribution is 0.590. The second-order valence-electron chi connectivity index (χ2n) is 11.4. The molecule has 2 heterocycles. The Balaban J connectivity index is 1.42. The molecule has 0 spiro atoms. The van der Waals surface area contributed by atoms with Crippen molar-refractivity contribution in [1.82, 2.24) is 19.5 Å². The monoisotopic (exact) mass is 530 g/mol. The van der Waals surface area contributed by atoms with E-state index in [-0.39, 0.29) is 5.41 Å². The first-order chi connectivity index (χ1) is 20.0. The standard InChI is InChI=1S/C37H30N4/c1-37(2,3)29-22-20-25(21-23-29)27-14-11-15-28(24-27)35-38-34(26-12-5-4-6-13-26)39-36(40-35)41-32-18-9-7-16-30(32)31-17-8-10-19-33(31)41/h4-24H,1-3H3. The van der Waals surface area contributed by atoms with Crippen molar-refractivity contribution < 1.29 is 0 Å². The fourth-order valence-corrected chi connectivity index (χ4v) is 5.45. The normalized spacial score (nSPS) is 11.8. The Hall–Kier alpha value is -5.09. The van der Waals surface area contributed by atoms with Crippen LogP contribution in [0.3, 0.4) is 0 Å². The lowest BCUT2D eigenvalue weighted by atomic mass is 9.86. The van der Waals surface area contributed by atoms with E-state index >= 15 is 0 Å². The fraction of sp³-hybridized carbons (Fsp3) is 0.108. The van der Waals surface area contributed by atoms with Gasteiger partial charge in [0.15, 0.2) is 11.6 Å². The van der Waals surface area contributed by atoms with Crippen molar-refractivity contribution in [3.63, 3.8) is 0 Å². The fourth-order valence-electron chi connectivity index (χ4n) is 5.45. The summed E-state index contributed by atoms with van der Waals surface area (Å²) in [6, 6.07) is 44.3. The molecule has 0 fully saturated rings. The molecule has 7 aromatic rings. The van der Waals surface area contributed by atoms with Gasteiger partial charge in [-0.2, -0.15) is 9.97 Å². The van der Waals surface area contributed by atoms with Gasteiger partial charge in [-0.3, -0.25) is 4.57 Å². The maximum absolute atomic E-state index is 5.09. The molecule has 0 saturated heterocycles. The SMILES string of the molecule is CC(C)(C)c1ccc(-c2cccc(-c3nc(-c4ccccc4)nc(-n4c5ccccc5c5ccccc54)n3)c2)cc1. The molecule has 2 aromatic heterocycles. The van der Waals surface area contributed by atoms with Crippen molar-refractivity contribution in [3.05, 3.63) is 133 Å². The van der Waals surface area contributed by atoms with Gasteiger partial charge in [-0.1, -0.05) is 130 Å². The second kappa shape index (κ2) is 9.83. The Labute approximate surface area is 240 Å². The smallest absolute Gasteiger partial charge is 0.238 e. The van der Waals surface area contributed by atoms with E-state index in [9.17, 15) is 0 Å². The molecule has 0 atom stereocenters. The summed E-state index contributed by atoms with van der Waals surface area (Å²) in [5.74, 6) is 1.89. The highest BCUT2D eigenvalue weighted by Gasteiger charge is 2.18. The molecule has 0 aliphatic rings. The first-order valence-corrected chi connectivity index (χ1v) is 14.0. The molecule has 4 heteroatoms. The Kier molecular flexibility index (Phi) is 5.97. The molecular formula is C37H30N4. The topological polar surface area (TPSA) is 43.6 Å². The zero-order chi connectivity index (χ0) is 28.0. The molecule has 5 aromatic carbocycles. The third kappa shape index (κ3) is 4.57. The van der Waals surface area contributed by atoms with Gasteiger partial charge in [0.25, 0.3) is 0 Å². The molecule has 0 N–H and O–H groups in total. The lowest BCUT2D eigenvalue weighted by Crippen LogP contribution is -2.10.